The first-order chi connectivity index (χ1) is 48.2. The Morgan fingerprint density at radius 3 is 1.83 bits per heavy atom. The third-order valence-electron chi connectivity index (χ3n) is 21.1. The molecule has 11 atom stereocenters. The maximum Gasteiger partial charge on any atom is 0.417 e. The van der Waals surface area contributed by atoms with Crippen LogP contribution in [-0.2, 0) is 83.0 Å². The third kappa shape index (κ3) is 19.7. The SMILES string of the molecule is CC[C@H](C)[C@@H]1NC(=O)[C@H](C)N(C)C(=O)C[C@@H](C(=O)N(C)C)N(C)C(=O)[C@H]([C@@H](C)CC)N(C)C(=O)C2(CCCC2)NC(=O)[C@H](Cc2cccc(OC)c2)N(C)C(=O)[C@H](CCc2ccc(C(F)(F)F)c(Cl)c2)NC(=O)CN(C)C(=O)[C@H](Cc2ccc(C)cc2)N(C)C(=O)[C@@H]2CCN2C(=O)[C@@H](C)N(C)C1=O. The van der Waals surface area contributed by atoms with E-state index in [1.165, 1.54) is 115 Å². The van der Waals surface area contributed by atoms with Crippen LogP contribution in [0.4, 0.5) is 13.2 Å². The van der Waals surface area contributed by atoms with Crippen molar-refractivity contribution in [1.29, 1.82) is 0 Å². The lowest BCUT2D eigenvalue weighted by Crippen LogP contribution is -2.65. The summed E-state index contributed by atoms with van der Waals surface area (Å²) in [4.78, 5) is 190. The summed E-state index contributed by atoms with van der Waals surface area (Å²) in [5.41, 5.74) is -0.553. The number of aryl methyl sites for hydroxylation is 2. The number of fused-ring (bicyclic) bond motifs is 1. The maximum absolute atomic E-state index is 15.7. The Labute approximate surface area is 607 Å². The minimum atomic E-state index is -4.80. The number of hydrogen-bond acceptors (Lipinski definition) is 13. The van der Waals surface area contributed by atoms with Gasteiger partial charge in [-0.1, -0.05) is 113 Å². The summed E-state index contributed by atoms with van der Waals surface area (Å²) in [6.07, 6.45) is -4.29. The van der Waals surface area contributed by atoms with Crippen molar-refractivity contribution < 1.29 is 75.4 Å². The number of amides is 12. The van der Waals surface area contributed by atoms with E-state index < -0.39 is 172 Å². The number of carbonyl (C=O) groups is 12. The lowest BCUT2D eigenvalue weighted by molar-refractivity contribution is -0.160. The lowest BCUT2D eigenvalue weighted by Gasteiger charge is -2.45. The van der Waals surface area contributed by atoms with E-state index in [0.29, 0.717) is 42.6 Å². The molecule has 6 rings (SSSR count). The smallest absolute Gasteiger partial charge is 0.417 e. The van der Waals surface area contributed by atoms with E-state index in [1.807, 2.05) is 19.1 Å². The minimum Gasteiger partial charge on any atom is -0.497 e. The number of nitrogens with one attached hydrogen (secondary N) is 3. The molecule has 3 aromatic carbocycles. The first kappa shape index (κ1) is 83.1. The van der Waals surface area contributed by atoms with Gasteiger partial charge in [0, 0.05) is 82.8 Å². The molecule has 2 aliphatic heterocycles. The standard InChI is InChI=1S/C74H104ClF3N12O13/c1-18-44(4)61-70(100)85(12)47(7)65(95)90-36-33-55(90)69(99)87(14)57(39-49-27-25-43(3)26-28-49)68(98)83(10)42-59(91)79-54(32-30-48-29-31-52(53(75)38-48)74(76,77)78)66(96)86(13)56(40-50-23-22-24-51(37-50)103-17)64(94)81-73(34-20-21-35-73)72(102)89(16)62(45(5)19-2)71(101)88(15)58(67(97)82(8)9)41-60(92)84(11)46(6)63(93)80-61/h22-29,31,37-38,44-47,54-58,61-62H,18-21,30,32-36,39-42H2,1-17H3,(H,79,91)(H,80,93)(H,81,94)/t44-,45-,46-,47+,54-,55-,56-,57-,58-,61-,62-/m0/s1. The monoisotopic (exact) mass is 1460 g/mol. The van der Waals surface area contributed by atoms with Crippen molar-refractivity contribution >= 4 is 82.5 Å². The van der Waals surface area contributed by atoms with Gasteiger partial charge in [-0.3, -0.25) is 57.5 Å². The molecule has 103 heavy (non-hydrogen) atoms. The molecular weight excluding hydrogens is 1360 g/mol. The third-order valence-corrected chi connectivity index (χ3v) is 21.4. The molecule has 2 heterocycles. The van der Waals surface area contributed by atoms with Gasteiger partial charge in [-0.25, -0.2) is 0 Å². The molecule has 12 amide bonds. The second kappa shape index (κ2) is 35.6. The highest BCUT2D eigenvalue weighted by Crippen LogP contribution is 2.37. The van der Waals surface area contributed by atoms with Crippen molar-refractivity contribution in [2.24, 2.45) is 11.8 Å². The van der Waals surface area contributed by atoms with Crippen LogP contribution in [0.25, 0.3) is 0 Å². The maximum atomic E-state index is 15.7. The number of rotatable bonds is 13. The number of nitrogens with zero attached hydrogens (tertiary/aromatic N) is 9. The predicted octanol–water partition coefficient (Wildman–Crippen LogP) is 5.14. The van der Waals surface area contributed by atoms with Gasteiger partial charge in [0.1, 0.15) is 65.7 Å². The van der Waals surface area contributed by atoms with Crippen molar-refractivity contribution in [1.82, 2.24) is 60.0 Å². The molecule has 29 heteroatoms. The molecule has 3 fully saturated rings. The molecule has 0 radical (unpaired) electrons. The van der Waals surface area contributed by atoms with E-state index in [1.54, 1.807) is 64.1 Å². The van der Waals surface area contributed by atoms with Gasteiger partial charge in [-0.05, 0) is 106 Å². The summed E-state index contributed by atoms with van der Waals surface area (Å²) in [6, 6.07) is 4.91. The highest BCUT2D eigenvalue weighted by molar-refractivity contribution is 6.31. The zero-order valence-electron chi connectivity index (χ0n) is 62.4. The summed E-state index contributed by atoms with van der Waals surface area (Å²) in [5, 5.41) is 7.94. The quantitative estimate of drug-likeness (QED) is 0.200. The van der Waals surface area contributed by atoms with E-state index in [2.05, 4.69) is 16.0 Å². The number of benzene rings is 3. The van der Waals surface area contributed by atoms with Crippen LogP contribution in [-0.4, -0.2) is 259 Å². The van der Waals surface area contributed by atoms with Crippen LogP contribution in [0.3, 0.4) is 0 Å². The second-order valence-corrected chi connectivity index (χ2v) is 28.7. The Kier molecular flexibility index (Phi) is 28.7. The average Bonchev–Trinajstić information content (AvgIpc) is 1.32. The van der Waals surface area contributed by atoms with Crippen LogP contribution in [0.1, 0.15) is 127 Å². The van der Waals surface area contributed by atoms with Crippen molar-refractivity contribution in [3.8, 4) is 5.75 Å². The molecule has 25 nitrogen and oxygen atoms in total. The van der Waals surface area contributed by atoms with E-state index in [0.717, 1.165) is 37.3 Å². The molecule has 1 spiro atoms. The van der Waals surface area contributed by atoms with Crippen LogP contribution < -0.4 is 20.7 Å². The summed E-state index contributed by atoms with van der Waals surface area (Å²) in [5.74, 6) is -9.55. The van der Waals surface area contributed by atoms with Crippen molar-refractivity contribution in [2.75, 3.05) is 83.6 Å². The van der Waals surface area contributed by atoms with Crippen LogP contribution in [0.2, 0.25) is 5.02 Å². The molecule has 0 bridgehead atoms. The topological polar surface area (TPSA) is 279 Å². The van der Waals surface area contributed by atoms with Crippen LogP contribution >= 0.6 is 11.6 Å². The predicted molar refractivity (Wildman–Crippen MR) is 380 cm³/mol. The van der Waals surface area contributed by atoms with Crippen LogP contribution in [0.15, 0.2) is 66.7 Å². The molecule has 1 saturated carbocycles. The summed E-state index contributed by atoms with van der Waals surface area (Å²) in [6.45, 7) is 11.2. The Morgan fingerprint density at radius 1 is 0.670 bits per heavy atom. The molecule has 0 aromatic heterocycles. The summed E-state index contributed by atoms with van der Waals surface area (Å²) < 4.78 is 47.5. The number of hydrogen-bond donors (Lipinski definition) is 3. The number of carbonyl (C=O) groups excluding carboxylic acids is 12. The largest absolute Gasteiger partial charge is 0.497 e. The number of ether oxygens (including phenoxy) is 1. The Balaban J connectivity index is 1.49. The molecule has 566 valence electrons. The molecule has 3 N–H and O–H groups in total. The Morgan fingerprint density at radius 2 is 1.27 bits per heavy atom. The summed E-state index contributed by atoms with van der Waals surface area (Å²) in [7, 11) is 13.8. The number of methoxy groups -OCH3 is 1. The van der Waals surface area contributed by atoms with Gasteiger partial charge in [0.25, 0.3) is 0 Å². The second-order valence-electron chi connectivity index (χ2n) is 28.3. The first-order valence-electron chi connectivity index (χ1n) is 35.1. The lowest BCUT2D eigenvalue weighted by atomic mass is 9.90. The molecule has 2 saturated heterocycles. The average molecular weight is 1460 g/mol. The molecule has 0 unspecified atom stereocenters. The zero-order chi connectivity index (χ0) is 77.0. The Bertz CT molecular complexity index is 3610. The fourth-order valence-corrected chi connectivity index (χ4v) is 13.8. The first-order valence-corrected chi connectivity index (χ1v) is 35.5. The Hall–Kier alpha value is -8.82. The normalized spacial score (nSPS) is 24.9. The van der Waals surface area contributed by atoms with Crippen molar-refractivity contribution in [3.63, 3.8) is 0 Å². The molecule has 3 aromatic rings. The summed E-state index contributed by atoms with van der Waals surface area (Å²) >= 11 is 6.19. The van der Waals surface area contributed by atoms with Crippen molar-refractivity contribution in [3.05, 3.63) is 99.6 Å². The fourth-order valence-electron chi connectivity index (χ4n) is 13.5. The van der Waals surface area contributed by atoms with Crippen LogP contribution in [0.5, 0.6) is 5.75 Å². The molecule has 1 aliphatic carbocycles. The van der Waals surface area contributed by atoms with Gasteiger partial charge < -0.3 is 64.8 Å². The van der Waals surface area contributed by atoms with Crippen molar-refractivity contribution in [2.45, 2.75) is 192 Å². The van der Waals surface area contributed by atoms with Gasteiger partial charge in [-0.2, -0.15) is 13.2 Å². The molecule has 3 aliphatic rings. The van der Waals surface area contributed by atoms with Gasteiger partial charge >= 0.3 is 6.18 Å². The zero-order valence-corrected chi connectivity index (χ0v) is 63.2. The number of likely N-dealkylation sites (N-methyl/N-ethyl adjacent to an activating group) is 8. The number of halogens is 4. The van der Waals surface area contributed by atoms with Gasteiger partial charge in [0.05, 0.1) is 30.7 Å². The highest BCUT2D eigenvalue weighted by Gasteiger charge is 2.51. The number of alkyl halides is 3. The van der Waals surface area contributed by atoms with E-state index in [9.17, 15) is 46.7 Å². The minimum absolute atomic E-state index is 0.0705. The molecular formula is C74H104ClF3N12O13. The van der Waals surface area contributed by atoms with Gasteiger partial charge in [0.15, 0.2) is 0 Å². The van der Waals surface area contributed by atoms with Gasteiger partial charge in [-0.15, -0.1) is 0 Å². The van der Waals surface area contributed by atoms with Gasteiger partial charge in [0.2, 0.25) is 70.9 Å². The van der Waals surface area contributed by atoms with E-state index >= 15 is 24.0 Å². The fraction of sp³-hybridized carbons (Fsp3) is 0.595. The van der Waals surface area contributed by atoms with E-state index in [-0.39, 0.29) is 57.1 Å². The highest BCUT2D eigenvalue weighted by atomic mass is 35.5. The van der Waals surface area contributed by atoms with Crippen LogP contribution in [0, 0.1) is 18.8 Å². The van der Waals surface area contributed by atoms with E-state index in [4.69, 9.17) is 16.3 Å².